The van der Waals surface area contributed by atoms with Crippen molar-refractivity contribution < 1.29 is 4.79 Å². The molecule has 0 heterocycles. The van der Waals surface area contributed by atoms with Crippen LogP contribution in [-0.2, 0) is 4.79 Å². The molecule has 0 saturated carbocycles. The molecule has 0 aromatic carbocycles. The molecule has 0 aliphatic heterocycles. The highest BCUT2D eigenvalue weighted by Crippen LogP contribution is 2.11. The monoisotopic (exact) mass is 214 g/mol. The van der Waals surface area contributed by atoms with Crippen LogP contribution in [0.15, 0.2) is 0 Å². The molecule has 0 bridgehead atoms. The lowest BCUT2D eigenvalue weighted by atomic mass is 10.0. The van der Waals surface area contributed by atoms with Crippen molar-refractivity contribution in [3.63, 3.8) is 0 Å². The van der Waals surface area contributed by atoms with Crippen LogP contribution in [0.25, 0.3) is 0 Å². The van der Waals surface area contributed by atoms with Crippen molar-refractivity contribution in [3.05, 3.63) is 0 Å². The molecule has 0 spiro atoms. The van der Waals surface area contributed by atoms with E-state index in [-0.39, 0.29) is 23.9 Å². The van der Waals surface area contributed by atoms with E-state index < -0.39 is 0 Å². The minimum absolute atomic E-state index is 0.0779. The molecule has 0 aromatic rings. The van der Waals surface area contributed by atoms with E-state index in [9.17, 15) is 4.79 Å². The summed E-state index contributed by atoms with van der Waals surface area (Å²) in [6, 6.07) is 0.173. The van der Waals surface area contributed by atoms with Crippen molar-refractivity contribution in [2.75, 3.05) is 6.54 Å². The molecular weight excluding hydrogens is 188 g/mol. The van der Waals surface area contributed by atoms with Crippen LogP contribution in [-0.4, -0.2) is 29.4 Å². The lowest BCUT2D eigenvalue weighted by molar-refractivity contribution is -0.137. The third-order valence-electron chi connectivity index (χ3n) is 2.65. The first-order chi connectivity index (χ1) is 6.77. The van der Waals surface area contributed by atoms with Crippen LogP contribution in [0, 0.1) is 11.8 Å². The Labute approximate surface area is 94.0 Å². The predicted octanol–water partition coefficient (Wildman–Crippen LogP) is 1.86. The summed E-state index contributed by atoms with van der Waals surface area (Å²) in [6.45, 7) is 13.0. The van der Waals surface area contributed by atoms with Gasteiger partial charge in [-0.05, 0) is 26.7 Å². The smallest absolute Gasteiger partial charge is 0.227 e. The van der Waals surface area contributed by atoms with E-state index in [2.05, 4.69) is 13.8 Å². The average Bonchev–Trinajstić information content (AvgIpc) is 2.10. The SMILES string of the molecule is CC(C)CN(C(=O)C(C)C(C)N)C(C)C. The molecule has 2 atom stereocenters. The highest BCUT2D eigenvalue weighted by molar-refractivity contribution is 5.79. The fraction of sp³-hybridized carbons (Fsp3) is 0.917. The van der Waals surface area contributed by atoms with Crippen LogP contribution in [0.1, 0.15) is 41.5 Å². The second-order valence-electron chi connectivity index (χ2n) is 5.13. The summed E-state index contributed by atoms with van der Waals surface area (Å²) >= 11 is 0. The van der Waals surface area contributed by atoms with Gasteiger partial charge in [-0.15, -0.1) is 0 Å². The topological polar surface area (TPSA) is 46.3 Å². The van der Waals surface area contributed by atoms with Crippen molar-refractivity contribution in [2.45, 2.75) is 53.6 Å². The molecule has 0 fully saturated rings. The maximum Gasteiger partial charge on any atom is 0.227 e. The number of carbonyl (C=O) groups excluding carboxylic acids is 1. The summed E-state index contributed by atoms with van der Waals surface area (Å²) in [5.74, 6) is 0.580. The third kappa shape index (κ3) is 4.65. The number of hydrogen-bond acceptors (Lipinski definition) is 2. The standard InChI is InChI=1S/C12H26N2O/c1-8(2)7-14(9(3)4)12(15)10(5)11(6)13/h8-11H,7,13H2,1-6H3. The van der Waals surface area contributed by atoms with Crippen LogP contribution in [0.4, 0.5) is 0 Å². The van der Waals surface area contributed by atoms with E-state index in [0.717, 1.165) is 6.54 Å². The Kier molecular flexibility index (Phi) is 5.88. The zero-order chi connectivity index (χ0) is 12.2. The van der Waals surface area contributed by atoms with Crippen LogP contribution < -0.4 is 5.73 Å². The number of amides is 1. The van der Waals surface area contributed by atoms with E-state index in [1.165, 1.54) is 0 Å². The fourth-order valence-electron chi connectivity index (χ4n) is 1.44. The largest absolute Gasteiger partial charge is 0.340 e. The van der Waals surface area contributed by atoms with Gasteiger partial charge >= 0.3 is 0 Å². The summed E-state index contributed by atoms with van der Waals surface area (Å²) in [4.78, 5) is 14.0. The quantitative estimate of drug-likeness (QED) is 0.759. The van der Waals surface area contributed by atoms with Crippen LogP contribution >= 0.6 is 0 Å². The van der Waals surface area contributed by atoms with Gasteiger partial charge in [0.2, 0.25) is 5.91 Å². The van der Waals surface area contributed by atoms with E-state index in [1.54, 1.807) is 0 Å². The summed E-state index contributed by atoms with van der Waals surface area (Å²) in [6.07, 6.45) is 0. The Bertz CT molecular complexity index is 200. The predicted molar refractivity (Wildman–Crippen MR) is 64.5 cm³/mol. The summed E-state index contributed by atoms with van der Waals surface area (Å²) < 4.78 is 0. The van der Waals surface area contributed by atoms with E-state index in [1.807, 2.05) is 32.6 Å². The highest BCUT2D eigenvalue weighted by atomic mass is 16.2. The van der Waals surface area contributed by atoms with E-state index in [0.29, 0.717) is 5.92 Å². The Hall–Kier alpha value is -0.570. The molecule has 0 radical (unpaired) electrons. The fourth-order valence-corrected chi connectivity index (χ4v) is 1.44. The van der Waals surface area contributed by atoms with E-state index >= 15 is 0 Å². The molecule has 0 aliphatic carbocycles. The van der Waals surface area contributed by atoms with Gasteiger partial charge in [0.05, 0.1) is 5.92 Å². The van der Waals surface area contributed by atoms with Crippen molar-refractivity contribution in [1.82, 2.24) is 4.90 Å². The molecule has 0 aliphatic rings. The lowest BCUT2D eigenvalue weighted by Crippen LogP contribution is -2.46. The van der Waals surface area contributed by atoms with Crippen LogP contribution in [0.3, 0.4) is 0 Å². The maximum absolute atomic E-state index is 12.1. The second kappa shape index (κ2) is 6.11. The van der Waals surface area contributed by atoms with Crippen molar-refractivity contribution in [1.29, 1.82) is 0 Å². The molecule has 1 amide bonds. The van der Waals surface area contributed by atoms with Crippen LogP contribution in [0.5, 0.6) is 0 Å². The van der Waals surface area contributed by atoms with Gasteiger partial charge < -0.3 is 10.6 Å². The van der Waals surface area contributed by atoms with Crippen LogP contribution in [0.2, 0.25) is 0 Å². The number of nitrogens with zero attached hydrogens (tertiary/aromatic N) is 1. The normalized spacial score (nSPS) is 15.5. The van der Waals surface area contributed by atoms with Gasteiger partial charge in [-0.3, -0.25) is 4.79 Å². The molecule has 2 unspecified atom stereocenters. The molecule has 15 heavy (non-hydrogen) atoms. The molecule has 3 heteroatoms. The Morgan fingerprint density at radius 2 is 1.60 bits per heavy atom. The number of nitrogens with two attached hydrogens (primary N) is 1. The van der Waals surface area contributed by atoms with Gasteiger partial charge in [0.25, 0.3) is 0 Å². The molecule has 3 nitrogen and oxygen atoms in total. The molecule has 2 N–H and O–H groups in total. The molecular formula is C12H26N2O. The summed E-state index contributed by atoms with van der Waals surface area (Å²) in [5, 5.41) is 0. The van der Waals surface area contributed by atoms with Crippen molar-refractivity contribution >= 4 is 5.91 Å². The number of hydrogen-bond donors (Lipinski definition) is 1. The first-order valence-corrected chi connectivity index (χ1v) is 5.83. The average molecular weight is 214 g/mol. The van der Waals surface area contributed by atoms with Crippen molar-refractivity contribution in [3.8, 4) is 0 Å². The van der Waals surface area contributed by atoms with Gasteiger partial charge in [0.15, 0.2) is 0 Å². The summed E-state index contributed by atoms with van der Waals surface area (Å²) in [5.41, 5.74) is 5.76. The maximum atomic E-state index is 12.1. The number of rotatable bonds is 5. The van der Waals surface area contributed by atoms with Gasteiger partial charge in [-0.1, -0.05) is 20.8 Å². The Balaban J connectivity index is 4.55. The Morgan fingerprint density at radius 3 is 1.87 bits per heavy atom. The molecule has 0 aromatic heterocycles. The minimum atomic E-state index is -0.0915. The van der Waals surface area contributed by atoms with Crippen molar-refractivity contribution in [2.24, 2.45) is 17.6 Å². The molecule has 90 valence electrons. The Morgan fingerprint density at radius 1 is 1.13 bits per heavy atom. The van der Waals surface area contributed by atoms with Gasteiger partial charge in [-0.25, -0.2) is 0 Å². The lowest BCUT2D eigenvalue weighted by Gasteiger charge is -2.32. The first-order valence-electron chi connectivity index (χ1n) is 5.83. The minimum Gasteiger partial charge on any atom is -0.340 e. The first kappa shape index (κ1) is 14.4. The summed E-state index contributed by atoms with van der Waals surface area (Å²) in [7, 11) is 0. The zero-order valence-corrected chi connectivity index (χ0v) is 10.9. The zero-order valence-electron chi connectivity index (χ0n) is 10.9. The van der Waals surface area contributed by atoms with Gasteiger partial charge in [0.1, 0.15) is 0 Å². The van der Waals surface area contributed by atoms with E-state index in [4.69, 9.17) is 5.73 Å². The molecule has 0 saturated heterocycles. The number of carbonyl (C=O) groups is 1. The second-order valence-corrected chi connectivity index (χ2v) is 5.13. The third-order valence-corrected chi connectivity index (χ3v) is 2.65. The van der Waals surface area contributed by atoms with Gasteiger partial charge in [0, 0.05) is 18.6 Å². The molecule has 0 rings (SSSR count). The van der Waals surface area contributed by atoms with Gasteiger partial charge in [-0.2, -0.15) is 0 Å². The highest BCUT2D eigenvalue weighted by Gasteiger charge is 2.25.